The Labute approximate surface area is 153 Å². The third-order valence-corrected chi connectivity index (χ3v) is 4.97. The first-order valence-corrected chi connectivity index (χ1v) is 8.49. The molecule has 1 aromatic heterocycles. The third-order valence-electron chi connectivity index (χ3n) is 4.97. The van der Waals surface area contributed by atoms with Crippen LogP contribution in [0, 0.1) is 0 Å². The first-order valence-electron chi connectivity index (χ1n) is 8.49. The molecule has 2 heterocycles. The van der Waals surface area contributed by atoms with Crippen LogP contribution in [0.4, 0.5) is 13.2 Å². The third kappa shape index (κ3) is 2.98. The van der Waals surface area contributed by atoms with E-state index in [2.05, 4.69) is 10.3 Å². The van der Waals surface area contributed by atoms with E-state index in [-0.39, 0.29) is 5.56 Å². The number of hydrogen-bond donors (Lipinski definition) is 2. The van der Waals surface area contributed by atoms with Crippen molar-refractivity contribution >= 4 is 16.9 Å². The van der Waals surface area contributed by atoms with Crippen LogP contribution >= 0.6 is 0 Å². The van der Waals surface area contributed by atoms with Crippen LogP contribution in [0.15, 0.2) is 48.5 Å². The predicted molar refractivity (Wildman–Crippen MR) is 94.2 cm³/mol. The Morgan fingerprint density at radius 3 is 2.56 bits per heavy atom. The first-order chi connectivity index (χ1) is 12.9. The number of para-hydroxylation sites is 1. The molecule has 0 bridgehead atoms. The number of carbonyl (C=O) groups excluding carboxylic acids is 1. The van der Waals surface area contributed by atoms with Crippen molar-refractivity contribution in [2.24, 2.45) is 0 Å². The minimum absolute atomic E-state index is 0.0754. The summed E-state index contributed by atoms with van der Waals surface area (Å²) in [5, 5.41) is 3.94. The summed E-state index contributed by atoms with van der Waals surface area (Å²) < 4.78 is 45.6. The second-order valence-electron chi connectivity index (χ2n) is 6.53. The minimum Gasteiger partial charge on any atom is -0.468 e. The van der Waals surface area contributed by atoms with E-state index >= 15 is 0 Å². The lowest BCUT2D eigenvalue weighted by atomic mass is 9.88. The number of fused-ring (bicyclic) bond motifs is 3. The highest BCUT2D eigenvalue weighted by molar-refractivity contribution is 5.87. The number of hydrogen-bond acceptors (Lipinski definition) is 3. The van der Waals surface area contributed by atoms with Crippen molar-refractivity contribution in [2.45, 2.75) is 24.7 Å². The Bertz CT molecular complexity index is 1010. The molecule has 0 aliphatic carbocycles. The van der Waals surface area contributed by atoms with E-state index in [9.17, 15) is 18.0 Å². The van der Waals surface area contributed by atoms with Crippen LogP contribution in [0.2, 0.25) is 0 Å². The zero-order valence-electron chi connectivity index (χ0n) is 14.4. The number of esters is 1. The smallest absolute Gasteiger partial charge is 0.416 e. The summed E-state index contributed by atoms with van der Waals surface area (Å²) in [5.41, 5.74) is 1.66. The lowest BCUT2D eigenvalue weighted by molar-refractivity contribution is -0.143. The molecule has 2 unspecified atom stereocenters. The number of benzene rings is 2. The van der Waals surface area contributed by atoms with Gasteiger partial charge in [-0.05, 0) is 23.3 Å². The average molecular weight is 374 g/mol. The largest absolute Gasteiger partial charge is 0.468 e. The van der Waals surface area contributed by atoms with Crippen LogP contribution in [0.5, 0.6) is 0 Å². The SMILES string of the molecule is COC(=O)C1Cc2c([nH]c3ccccc23)C(c2ccccc2C(F)(F)F)N1. The molecule has 0 amide bonds. The van der Waals surface area contributed by atoms with Gasteiger partial charge < -0.3 is 9.72 Å². The van der Waals surface area contributed by atoms with E-state index < -0.39 is 29.8 Å². The molecule has 4 nitrogen and oxygen atoms in total. The lowest BCUT2D eigenvalue weighted by Crippen LogP contribution is -2.46. The Hall–Kier alpha value is -2.80. The van der Waals surface area contributed by atoms with Crippen LogP contribution in [0.25, 0.3) is 10.9 Å². The van der Waals surface area contributed by atoms with Gasteiger partial charge in [0.05, 0.1) is 18.7 Å². The van der Waals surface area contributed by atoms with E-state index in [0.29, 0.717) is 12.1 Å². The van der Waals surface area contributed by atoms with Crippen molar-refractivity contribution in [3.63, 3.8) is 0 Å². The maximum atomic E-state index is 13.6. The Kier molecular flexibility index (Phi) is 4.19. The number of methoxy groups -OCH3 is 1. The van der Waals surface area contributed by atoms with Gasteiger partial charge in [-0.2, -0.15) is 13.2 Å². The zero-order valence-corrected chi connectivity index (χ0v) is 14.4. The molecular formula is C20H17F3N2O2. The number of ether oxygens (including phenoxy) is 1. The molecule has 1 aliphatic heterocycles. The number of aromatic amines is 1. The van der Waals surface area contributed by atoms with E-state index in [1.807, 2.05) is 24.3 Å². The fourth-order valence-electron chi connectivity index (χ4n) is 3.78. The number of halogens is 3. The highest BCUT2D eigenvalue weighted by Crippen LogP contribution is 2.40. The average Bonchev–Trinajstić information content (AvgIpc) is 3.04. The van der Waals surface area contributed by atoms with Crippen molar-refractivity contribution in [1.82, 2.24) is 10.3 Å². The monoisotopic (exact) mass is 374 g/mol. The molecule has 7 heteroatoms. The quantitative estimate of drug-likeness (QED) is 0.668. The van der Waals surface area contributed by atoms with Crippen LogP contribution in [-0.4, -0.2) is 24.1 Å². The molecule has 0 fully saturated rings. The summed E-state index contributed by atoms with van der Waals surface area (Å²) in [6.45, 7) is 0. The number of carbonyl (C=O) groups is 1. The van der Waals surface area contributed by atoms with E-state index in [1.165, 1.54) is 19.2 Å². The molecule has 4 rings (SSSR count). The van der Waals surface area contributed by atoms with Gasteiger partial charge in [0.15, 0.2) is 0 Å². The second kappa shape index (κ2) is 6.42. The van der Waals surface area contributed by atoms with E-state index in [1.54, 1.807) is 6.07 Å². The van der Waals surface area contributed by atoms with Crippen molar-refractivity contribution < 1.29 is 22.7 Å². The number of alkyl halides is 3. The van der Waals surface area contributed by atoms with Gasteiger partial charge >= 0.3 is 12.1 Å². The molecular weight excluding hydrogens is 357 g/mol. The van der Waals surface area contributed by atoms with Crippen LogP contribution in [0.3, 0.4) is 0 Å². The van der Waals surface area contributed by atoms with E-state index in [4.69, 9.17) is 4.74 Å². The summed E-state index contributed by atoms with van der Waals surface area (Å²) in [7, 11) is 1.27. The highest BCUT2D eigenvalue weighted by atomic mass is 19.4. The van der Waals surface area contributed by atoms with Crippen LogP contribution in [0.1, 0.15) is 28.4 Å². The van der Waals surface area contributed by atoms with Gasteiger partial charge in [0, 0.05) is 23.0 Å². The maximum absolute atomic E-state index is 13.6. The van der Waals surface area contributed by atoms with Gasteiger partial charge in [0.2, 0.25) is 0 Å². The highest BCUT2D eigenvalue weighted by Gasteiger charge is 2.40. The number of rotatable bonds is 2. The van der Waals surface area contributed by atoms with Crippen molar-refractivity contribution in [1.29, 1.82) is 0 Å². The van der Waals surface area contributed by atoms with Gasteiger partial charge in [-0.15, -0.1) is 0 Å². The number of aromatic nitrogens is 1. The molecule has 3 aromatic rings. The second-order valence-corrected chi connectivity index (χ2v) is 6.53. The molecule has 0 saturated heterocycles. The Morgan fingerprint density at radius 2 is 1.81 bits per heavy atom. The number of nitrogens with one attached hydrogen (secondary N) is 2. The summed E-state index contributed by atoms with van der Waals surface area (Å²) in [6.07, 6.45) is -4.15. The van der Waals surface area contributed by atoms with E-state index in [0.717, 1.165) is 22.5 Å². The first kappa shape index (κ1) is 17.6. The summed E-state index contributed by atoms with van der Waals surface area (Å²) in [4.78, 5) is 15.4. The van der Waals surface area contributed by atoms with Gasteiger partial charge in [-0.1, -0.05) is 36.4 Å². The molecule has 140 valence electrons. The molecule has 1 aliphatic rings. The number of H-pyrrole nitrogens is 1. The molecule has 0 spiro atoms. The van der Waals surface area contributed by atoms with Crippen molar-refractivity contribution in [3.8, 4) is 0 Å². The molecule has 0 saturated carbocycles. The zero-order chi connectivity index (χ0) is 19.2. The minimum atomic E-state index is -4.50. The normalized spacial score (nSPS) is 19.7. The van der Waals surface area contributed by atoms with Crippen LogP contribution in [-0.2, 0) is 22.1 Å². The summed E-state index contributed by atoms with van der Waals surface area (Å²) >= 11 is 0. The van der Waals surface area contributed by atoms with Crippen LogP contribution < -0.4 is 5.32 Å². The Balaban J connectivity index is 1.92. The molecule has 27 heavy (non-hydrogen) atoms. The van der Waals surface area contributed by atoms with Gasteiger partial charge in [0.1, 0.15) is 6.04 Å². The maximum Gasteiger partial charge on any atom is 0.416 e. The fourth-order valence-corrected chi connectivity index (χ4v) is 3.78. The van der Waals surface area contributed by atoms with Crippen molar-refractivity contribution in [3.05, 3.63) is 70.9 Å². The summed E-state index contributed by atoms with van der Waals surface area (Å²) in [5.74, 6) is -0.500. The topological polar surface area (TPSA) is 54.1 Å². The van der Waals surface area contributed by atoms with Gasteiger partial charge in [-0.25, -0.2) is 0 Å². The Morgan fingerprint density at radius 1 is 1.11 bits per heavy atom. The fraction of sp³-hybridized carbons (Fsp3) is 0.250. The lowest BCUT2D eigenvalue weighted by Gasteiger charge is -2.31. The predicted octanol–water partition coefficient (Wildman–Crippen LogP) is 3.96. The summed E-state index contributed by atoms with van der Waals surface area (Å²) in [6, 6.07) is 11.4. The van der Waals surface area contributed by atoms with Crippen molar-refractivity contribution in [2.75, 3.05) is 7.11 Å². The molecule has 2 atom stereocenters. The van der Waals surface area contributed by atoms with Gasteiger partial charge in [-0.3, -0.25) is 10.1 Å². The molecule has 2 aromatic carbocycles. The molecule has 0 radical (unpaired) electrons. The standard InChI is InChI=1S/C20H17F3N2O2/c1-27-19(26)16-10-13-11-6-3-5-9-15(11)24-18(13)17(25-16)12-7-2-4-8-14(12)20(21,22)23/h2-9,16-17,24-25H,10H2,1H3. The molecule has 2 N–H and O–H groups in total. The van der Waals surface area contributed by atoms with Gasteiger partial charge in [0.25, 0.3) is 0 Å².